The summed E-state index contributed by atoms with van der Waals surface area (Å²) in [7, 11) is 3.42. The number of thiocarbonyl (C=S) groups is 1. The molecular weight excluding hydrogens is 298 g/mol. The molecule has 1 aromatic rings. The minimum absolute atomic E-state index is 0.763. The lowest BCUT2D eigenvalue weighted by Crippen LogP contribution is -2.51. The molecule has 22 heavy (non-hydrogen) atoms. The molecule has 0 amide bonds. The van der Waals surface area contributed by atoms with E-state index in [1.165, 1.54) is 5.69 Å². The number of nitrogens with zero attached hydrogens (tertiary/aromatic N) is 2. The molecule has 5 nitrogen and oxygen atoms in total. The van der Waals surface area contributed by atoms with Crippen LogP contribution in [-0.2, 0) is 4.74 Å². The summed E-state index contributed by atoms with van der Waals surface area (Å²) in [5.74, 6) is 0.898. The Morgan fingerprint density at radius 3 is 2.68 bits per heavy atom. The number of nitrogens with one attached hydrogen (secondary N) is 1. The molecule has 0 bridgehead atoms. The second-order valence-electron chi connectivity index (χ2n) is 5.25. The fraction of sp³-hybridized carbons (Fsp3) is 0.562. The summed E-state index contributed by atoms with van der Waals surface area (Å²) >= 11 is 5.45. The Morgan fingerprint density at radius 1 is 1.23 bits per heavy atom. The fourth-order valence-electron chi connectivity index (χ4n) is 2.50. The quantitative estimate of drug-likeness (QED) is 0.635. The van der Waals surface area contributed by atoms with E-state index < -0.39 is 0 Å². The van der Waals surface area contributed by atoms with E-state index in [9.17, 15) is 0 Å². The molecular formula is C16H25N3O2S. The normalized spacial score (nSPS) is 14.8. The molecule has 0 radical (unpaired) electrons. The molecule has 1 aliphatic rings. The molecule has 0 aliphatic carbocycles. The van der Waals surface area contributed by atoms with E-state index in [4.69, 9.17) is 21.7 Å². The topological polar surface area (TPSA) is 37.0 Å². The number of ether oxygens (including phenoxy) is 2. The molecule has 0 saturated carbocycles. The zero-order chi connectivity index (χ0) is 15.8. The Labute approximate surface area is 138 Å². The number of anilines is 1. The van der Waals surface area contributed by atoms with Gasteiger partial charge in [0.2, 0.25) is 0 Å². The van der Waals surface area contributed by atoms with Crippen molar-refractivity contribution < 1.29 is 9.47 Å². The number of hydrogen-bond acceptors (Lipinski definition) is 4. The van der Waals surface area contributed by atoms with Crippen molar-refractivity contribution in [2.24, 2.45) is 0 Å². The van der Waals surface area contributed by atoms with Gasteiger partial charge < -0.3 is 24.6 Å². The molecule has 122 valence electrons. The van der Waals surface area contributed by atoms with Crippen molar-refractivity contribution in [3.8, 4) is 5.75 Å². The second kappa shape index (κ2) is 8.80. The first-order valence-electron chi connectivity index (χ1n) is 7.65. The van der Waals surface area contributed by atoms with Crippen molar-refractivity contribution in [3.05, 3.63) is 24.3 Å². The number of rotatable bonds is 6. The van der Waals surface area contributed by atoms with Gasteiger partial charge in [-0.2, -0.15) is 0 Å². The summed E-state index contributed by atoms with van der Waals surface area (Å²) in [6, 6.07) is 8.21. The van der Waals surface area contributed by atoms with E-state index in [0.717, 1.165) is 56.6 Å². The highest BCUT2D eigenvalue weighted by atomic mass is 32.1. The maximum absolute atomic E-state index is 5.45. The summed E-state index contributed by atoms with van der Waals surface area (Å²) in [6.45, 7) is 5.43. The molecule has 6 heteroatoms. The molecule has 0 unspecified atom stereocenters. The third kappa shape index (κ3) is 4.74. The fourth-order valence-corrected chi connectivity index (χ4v) is 2.78. The molecule has 0 atom stereocenters. The Bertz CT molecular complexity index is 476. The average Bonchev–Trinajstić information content (AvgIpc) is 2.59. The minimum Gasteiger partial charge on any atom is -0.497 e. The van der Waals surface area contributed by atoms with Gasteiger partial charge >= 0.3 is 0 Å². The van der Waals surface area contributed by atoms with Gasteiger partial charge in [-0.3, -0.25) is 0 Å². The van der Waals surface area contributed by atoms with Crippen LogP contribution in [0.4, 0.5) is 5.69 Å². The SMILES string of the molecule is COCCCNC(=S)N1CCN(c2cccc(OC)c2)CC1. The summed E-state index contributed by atoms with van der Waals surface area (Å²) in [6.07, 6.45) is 0.973. The molecule has 0 aromatic heterocycles. The lowest BCUT2D eigenvalue weighted by atomic mass is 10.2. The molecule has 1 aromatic carbocycles. The molecule has 1 saturated heterocycles. The third-order valence-corrected chi connectivity index (χ3v) is 4.19. The van der Waals surface area contributed by atoms with E-state index in [-0.39, 0.29) is 0 Å². The number of piperazine rings is 1. The Morgan fingerprint density at radius 2 is 2.00 bits per heavy atom. The number of hydrogen-bond donors (Lipinski definition) is 1. The van der Waals surface area contributed by atoms with Gasteiger partial charge in [0.05, 0.1) is 7.11 Å². The molecule has 1 N–H and O–H groups in total. The van der Waals surface area contributed by atoms with Gasteiger partial charge in [0.15, 0.2) is 5.11 Å². The van der Waals surface area contributed by atoms with Gasteiger partial charge in [0.25, 0.3) is 0 Å². The predicted molar refractivity (Wildman–Crippen MR) is 93.9 cm³/mol. The summed E-state index contributed by atoms with van der Waals surface area (Å²) in [5.41, 5.74) is 1.21. The first-order valence-corrected chi connectivity index (χ1v) is 8.06. The number of methoxy groups -OCH3 is 2. The molecule has 1 fully saturated rings. The molecule has 0 spiro atoms. The minimum atomic E-state index is 0.763. The van der Waals surface area contributed by atoms with Gasteiger partial charge in [-0.25, -0.2) is 0 Å². The molecule has 1 aliphatic heterocycles. The average molecular weight is 323 g/mol. The maximum atomic E-state index is 5.45. The van der Waals surface area contributed by atoms with Crippen molar-refractivity contribution in [2.45, 2.75) is 6.42 Å². The van der Waals surface area contributed by atoms with E-state index in [1.807, 2.05) is 12.1 Å². The van der Waals surface area contributed by atoms with Gasteiger partial charge in [0, 0.05) is 58.2 Å². The van der Waals surface area contributed by atoms with E-state index in [0.29, 0.717) is 0 Å². The second-order valence-corrected chi connectivity index (χ2v) is 5.64. The maximum Gasteiger partial charge on any atom is 0.169 e. The van der Waals surface area contributed by atoms with Crippen molar-refractivity contribution in [1.29, 1.82) is 0 Å². The van der Waals surface area contributed by atoms with Gasteiger partial charge in [0.1, 0.15) is 5.75 Å². The largest absolute Gasteiger partial charge is 0.497 e. The Hall–Kier alpha value is -1.53. The van der Waals surface area contributed by atoms with E-state index in [1.54, 1.807) is 14.2 Å². The lowest BCUT2D eigenvalue weighted by Gasteiger charge is -2.37. The molecule has 1 heterocycles. The summed E-state index contributed by atoms with van der Waals surface area (Å²) in [4.78, 5) is 4.60. The zero-order valence-corrected chi connectivity index (χ0v) is 14.2. The van der Waals surface area contributed by atoms with Crippen LogP contribution in [0.1, 0.15) is 6.42 Å². The highest BCUT2D eigenvalue weighted by Gasteiger charge is 2.19. The zero-order valence-electron chi connectivity index (χ0n) is 13.4. The lowest BCUT2D eigenvalue weighted by molar-refractivity contribution is 0.195. The van der Waals surface area contributed by atoms with Crippen molar-refractivity contribution >= 4 is 23.0 Å². The van der Waals surface area contributed by atoms with Gasteiger partial charge in [-0.15, -0.1) is 0 Å². The van der Waals surface area contributed by atoms with Gasteiger partial charge in [-0.05, 0) is 30.8 Å². The van der Waals surface area contributed by atoms with Crippen LogP contribution in [-0.4, -0.2) is 63.6 Å². The van der Waals surface area contributed by atoms with Crippen LogP contribution in [0.2, 0.25) is 0 Å². The highest BCUT2D eigenvalue weighted by Crippen LogP contribution is 2.22. The number of benzene rings is 1. The van der Waals surface area contributed by atoms with Crippen molar-refractivity contribution in [1.82, 2.24) is 10.2 Å². The predicted octanol–water partition coefficient (Wildman–Crippen LogP) is 1.73. The summed E-state index contributed by atoms with van der Waals surface area (Å²) in [5, 5.41) is 4.15. The monoisotopic (exact) mass is 323 g/mol. The summed E-state index contributed by atoms with van der Waals surface area (Å²) < 4.78 is 10.3. The van der Waals surface area contributed by atoms with Crippen molar-refractivity contribution in [3.63, 3.8) is 0 Å². The third-order valence-electron chi connectivity index (χ3n) is 3.79. The first kappa shape index (κ1) is 16.8. The van der Waals surface area contributed by atoms with Crippen LogP contribution in [0, 0.1) is 0 Å². The van der Waals surface area contributed by atoms with Crippen LogP contribution in [0.25, 0.3) is 0 Å². The van der Waals surface area contributed by atoms with Crippen LogP contribution in [0.15, 0.2) is 24.3 Å². The smallest absolute Gasteiger partial charge is 0.169 e. The van der Waals surface area contributed by atoms with E-state index >= 15 is 0 Å². The Balaban J connectivity index is 1.78. The van der Waals surface area contributed by atoms with E-state index in [2.05, 4.69) is 27.2 Å². The van der Waals surface area contributed by atoms with Gasteiger partial charge in [-0.1, -0.05) is 6.07 Å². The molecule has 2 rings (SSSR count). The van der Waals surface area contributed by atoms with Crippen LogP contribution < -0.4 is 15.0 Å². The van der Waals surface area contributed by atoms with Crippen LogP contribution >= 0.6 is 12.2 Å². The standard InChI is InChI=1S/C16H25N3O2S/c1-20-12-4-7-17-16(22)19-10-8-18(9-11-19)14-5-3-6-15(13-14)21-2/h3,5-6,13H,4,7-12H2,1-2H3,(H,17,22). The first-order chi connectivity index (χ1) is 10.7. The van der Waals surface area contributed by atoms with Crippen LogP contribution in [0.3, 0.4) is 0 Å². The highest BCUT2D eigenvalue weighted by molar-refractivity contribution is 7.80. The van der Waals surface area contributed by atoms with Crippen molar-refractivity contribution in [2.75, 3.05) is 58.5 Å². The Kier molecular flexibility index (Phi) is 6.74. The van der Waals surface area contributed by atoms with Crippen LogP contribution in [0.5, 0.6) is 5.75 Å².